The monoisotopic (exact) mass is 484 g/mol. The van der Waals surface area contributed by atoms with E-state index in [0.29, 0.717) is 30.9 Å². The van der Waals surface area contributed by atoms with Crippen molar-refractivity contribution in [1.29, 1.82) is 0 Å². The molecule has 190 valence electrons. The van der Waals surface area contributed by atoms with Gasteiger partial charge in [-0.3, -0.25) is 9.59 Å². The molecule has 35 heavy (non-hydrogen) atoms. The molecule has 0 unspecified atom stereocenters. The Bertz CT molecular complexity index is 1040. The van der Waals surface area contributed by atoms with Crippen LogP contribution < -0.4 is 9.47 Å². The van der Waals surface area contributed by atoms with Gasteiger partial charge in [-0.05, 0) is 44.8 Å². The SMILES string of the molecule is COc1cccc(-c2cnc3c(c2)C(=O)N([C@@H](C)CO)C[C@H](C)[C@@H](CN(C)C(=O)CN(C)C)O3)c1. The predicted octanol–water partition coefficient (Wildman–Crippen LogP) is 2.00. The van der Waals surface area contributed by atoms with Crippen molar-refractivity contribution in [3.05, 3.63) is 42.1 Å². The minimum absolute atomic E-state index is 0.0222. The third-order valence-corrected chi connectivity index (χ3v) is 6.26. The van der Waals surface area contributed by atoms with Crippen LogP contribution in [0.1, 0.15) is 24.2 Å². The van der Waals surface area contributed by atoms with Crippen LogP contribution in [0.5, 0.6) is 11.6 Å². The zero-order chi connectivity index (χ0) is 25.7. The van der Waals surface area contributed by atoms with Gasteiger partial charge in [-0.2, -0.15) is 0 Å². The molecule has 3 rings (SSSR count). The fourth-order valence-electron chi connectivity index (χ4n) is 4.04. The Kier molecular flexibility index (Phi) is 8.69. The van der Waals surface area contributed by atoms with Gasteiger partial charge < -0.3 is 29.3 Å². The fourth-order valence-corrected chi connectivity index (χ4v) is 4.04. The second-order valence-corrected chi connectivity index (χ2v) is 9.44. The standard InChI is InChI=1S/C26H36N4O5/c1-17-13-30(18(2)16-31)26(33)22-11-20(19-8-7-9-21(10-19)34-6)12-27-25(22)35-23(17)14-29(5)24(32)15-28(3)4/h7-12,17-18,23,31H,13-16H2,1-6H3/t17-,18-,23+/m0/s1. The number of likely N-dealkylation sites (N-methyl/N-ethyl adjacent to an activating group) is 2. The number of nitrogens with zero attached hydrogens (tertiary/aromatic N) is 4. The van der Waals surface area contributed by atoms with E-state index in [9.17, 15) is 14.7 Å². The highest BCUT2D eigenvalue weighted by atomic mass is 16.5. The molecule has 0 fully saturated rings. The van der Waals surface area contributed by atoms with Crippen molar-refractivity contribution in [2.45, 2.75) is 26.0 Å². The topological polar surface area (TPSA) is 95.4 Å². The zero-order valence-corrected chi connectivity index (χ0v) is 21.4. The summed E-state index contributed by atoms with van der Waals surface area (Å²) in [4.78, 5) is 35.8. The number of aliphatic hydroxyl groups excluding tert-OH is 1. The van der Waals surface area contributed by atoms with Gasteiger partial charge in [0.25, 0.3) is 5.91 Å². The van der Waals surface area contributed by atoms with Crippen LogP contribution in [0.4, 0.5) is 0 Å². The molecule has 2 amide bonds. The highest BCUT2D eigenvalue weighted by Crippen LogP contribution is 2.31. The van der Waals surface area contributed by atoms with Crippen molar-refractivity contribution in [3.8, 4) is 22.8 Å². The number of carbonyl (C=O) groups excluding carboxylic acids is 2. The molecule has 0 saturated carbocycles. The number of hydrogen-bond donors (Lipinski definition) is 1. The molecular weight excluding hydrogens is 448 g/mol. The molecule has 0 aliphatic carbocycles. The number of carbonyl (C=O) groups is 2. The number of hydrogen-bond acceptors (Lipinski definition) is 7. The highest BCUT2D eigenvalue weighted by molar-refractivity contribution is 5.98. The third kappa shape index (κ3) is 6.29. The van der Waals surface area contributed by atoms with Gasteiger partial charge in [0.2, 0.25) is 11.8 Å². The van der Waals surface area contributed by atoms with Crippen molar-refractivity contribution in [2.24, 2.45) is 5.92 Å². The first-order valence-corrected chi connectivity index (χ1v) is 11.8. The number of aromatic nitrogens is 1. The largest absolute Gasteiger partial charge is 0.497 e. The van der Waals surface area contributed by atoms with E-state index < -0.39 is 0 Å². The number of aliphatic hydroxyl groups is 1. The fraction of sp³-hybridized carbons (Fsp3) is 0.500. The summed E-state index contributed by atoms with van der Waals surface area (Å²) in [5, 5.41) is 9.85. The van der Waals surface area contributed by atoms with Crippen molar-refractivity contribution < 1.29 is 24.2 Å². The normalized spacial score (nSPS) is 18.9. The van der Waals surface area contributed by atoms with Gasteiger partial charge >= 0.3 is 0 Å². The van der Waals surface area contributed by atoms with E-state index in [4.69, 9.17) is 9.47 Å². The molecule has 1 aliphatic rings. The van der Waals surface area contributed by atoms with E-state index in [-0.39, 0.29) is 42.4 Å². The summed E-state index contributed by atoms with van der Waals surface area (Å²) in [6, 6.07) is 8.91. The Morgan fingerprint density at radius 3 is 2.69 bits per heavy atom. The minimum Gasteiger partial charge on any atom is -0.497 e. The van der Waals surface area contributed by atoms with Crippen molar-refractivity contribution >= 4 is 11.8 Å². The van der Waals surface area contributed by atoms with Crippen LogP contribution in [0.15, 0.2) is 36.5 Å². The summed E-state index contributed by atoms with van der Waals surface area (Å²) >= 11 is 0. The Balaban J connectivity index is 2.00. The highest BCUT2D eigenvalue weighted by Gasteiger charge is 2.34. The van der Waals surface area contributed by atoms with E-state index >= 15 is 0 Å². The zero-order valence-electron chi connectivity index (χ0n) is 21.4. The smallest absolute Gasteiger partial charge is 0.259 e. The molecule has 2 heterocycles. The first-order valence-electron chi connectivity index (χ1n) is 11.8. The van der Waals surface area contributed by atoms with E-state index in [1.165, 1.54) is 0 Å². The molecule has 2 aromatic rings. The maximum absolute atomic E-state index is 13.6. The molecule has 0 spiro atoms. The lowest BCUT2D eigenvalue weighted by molar-refractivity contribution is -0.132. The first-order chi connectivity index (χ1) is 16.6. The van der Waals surface area contributed by atoms with Crippen LogP contribution in [0, 0.1) is 5.92 Å². The van der Waals surface area contributed by atoms with E-state index in [2.05, 4.69) is 4.98 Å². The van der Waals surface area contributed by atoms with Crippen LogP contribution >= 0.6 is 0 Å². The van der Waals surface area contributed by atoms with Crippen LogP contribution in [-0.2, 0) is 4.79 Å². The maximum Gasteiger partial charge on any atom is 0.259 e. The Hall–Kier alpha value is -3.17. The van der Waals surface area contributed by atoms with Crippen LogP contribution in [0.25, 0.3) is 11.1 Å². The molecule has 1 aromatic heterocycles. The predicted molar refractivity (Wildman–Crippen MR) is 134 cm³/mol. The number of pyridine rings is 1. The quantitative estimate of drug-likeness (QED) is 0.612. The molecule has 9 heteroatoms. The van der Waals surface area contributed by atoms with Gasteiger partial charge in [0.1, 0.15) is 17.4 Å². The number of amides is 2. The first kappa shape index (κ1) is 26.4. The lowest BCUT2D eigenvalue weighted by Crippen LogP contribution is -2.51. The molecule has 1 N–H and O–H groups in total. The Labute approximate surface area is 207 Å². The van der Waals surface area contributed by atoms with Gasteiger partial charge in [0.15, 0.2) is 0 Å². The van der Waals surface area contributed by atoms with Crippen molar-refractivity contribution in [2.75, 3.05) is 54.5 Å². The Morgan fingerprint density at radius 2 is 2.03 bits per heavy atom. The van der Waals surface area contributed by atoms with Gasteiger partial charge in [0, 0.05) is 31.3 Å². The summed E-state index contributed by atoms with van der Waals surface area (Å²) in [6.07, 6.45) is 1.28. The van der Waals surface area contributed by atoms with Gasteiger partial charge in [0.05, 0.1) is 32.8 Å². The van der Waals surface area contributed by atoms with Crippen LogP contribution in [0.3, 0.4) is 0 Å². The second kappa shape index (κ2) is 11.5. The molecule has 0 bridgehead atoms. The molecule has 3 atom stereocenters. The molecule has 1 aliphatic heterocycles. The molecular formula is C26H36N4O5. The van der Waals surface area contributed by atoms with Crippen LogP contribution in [-0.4, -0.2) is 103 Å². The maximum atomic E-state index is 13.6. The van der Waals surface area contributed by atoms with Gasteiger partial charge in [-0.15, -0.1) is 0 Å². The number of fused-ring (bicyclic) bond motifs is 1. The van der Waals surface area contributed by atoms with Crippen LogP contribution in [0.2, 0.25) is 0 Å². The average molecular weight is 485 g/mol. The number of rotatable bonds is 8. The van der Waals surface area contributed by atoms with E-state index in [1.54, 1.807) is 36.2 Å². The molecule has 0 radical (unpaired) electrons. The summed E-state index contributed by atoms with van der Waals surface area (Å²) in [5.41, 5.74) is 1.93. The minimum atomic E-state index is -0.387. The average Bonchev–Trinajstić information content (AvgIpc) is 2.84. The number of methoxy groups -OCH3 is 1. The van der Waals surface area contributed by atoms with Gasteiger partial charge in [-0.25, -0.2) is 4.98 Å². The van der Waals surface area contributed by atoms with E-state index in [1.807, 2.05) is 57.1 Å². The number of ether oxygens (including phenoxy) is 2. The summed E-state index contributed by atoms with van der Waals surface area (Å²) in [7, 11) is 7.05. The lowest BCUT2D eigenvalue weighted by atomic mass is 9.99. The summed E-state index contributed by atoms with van der Waals surface area (Å²) in [5.74, 6) is 0.552. The van der Waals surface area contributed by atoms with E-state index in [0.717, 1.165) is 11.1 Å². The molecule has 1 aromatic carbocycles. The summed E-state index contributed by atoms with van der Waals surface area (Å²) < 4.78 is 11.6. The van der Waals surface area contributed by atoms with Gasteiger partial charge in [-0.1, -0.05) is 19.1 Å². The molecule has 9 nitrogen and oxygen atoms in total. The van der Waals surface area contributed by atoms with Crippen molar-refractivity contribution in [3.63, 3.8) is 0 Å². The van der Waals surface area contributed by atoms with Crippen molar-refractivity contribution in [1.82, 2.24) is 19.7 Å². The Morgan fingerprint density at radius 1 is 1.29 bits per heavy atom. The molecule has 0 saturated heterocycles. The summed E-state index contributed by atoms with van der Waals surface area (Å²) in [6.45, 7) is 4.65. The second-order valence-electron chi connectivity index (χ2n) is 9.44. The third-order valence-electron chi connectivity index (χ3n) is 6.26. The number of benzene rings is 1. The lowest BCUT2D eigenvalue weighted by Gasteiger charge is -2.37.